The van der Waals surface area contributed by atoms with Gasteiger partial charge in [0.25, 0.3) is 0 Å². The number of aliphatic hydroxyl groups excluding tert-OH is 1. The minimum Gasteiger partial charge on any atom is -0.495 e. The molecule has 1 N–H and O–H groups in total. The summed E-state index contributed by atoms with van der Waals surface area (Å²) in [6.07, 6.45) is -0.598. The van der Waals surface area contributed by atoms with E-state index in [-0.39, 0.29) is 0 Å². The highest BCUT2D eigenvalue weighted by Gasteiger charge is 2.16. The smallest absolute Gasteiger partial charge is 0.139 e. The van der Waals surface area contributed by atoms with Crippen molar-refractivity contribution in [2.75, 3.05) is 7.11 Å². The van der Waals surface area contributed by atoms with E-state index in [1.54, 1.807) is 20.1 Å². The van der Waals surface area contributed by atoms with Gasteiger partial charge in [-0.25, -0.2) is 0 Å². The SMILES string of the molecule is COc1c([C@@H](C)O)cc(Cl)c(C)c1Br. The van der Waals surface area contributed by atoms with Crippen LogP contribution < -0.4 is 4.74 Å². The number of halogens is 2. The molecule has 1 aromatic carbocycles. The van der Waals surface area contributed by atoms with Gasteiger partial charge in [0.1, 0.15) is 5.75 Å². The molecule has 0 radical (unpaired) electrons. The summed E-state index contributed by atoms with van der Waals surface area (Å²) in [5.74, 6) is 0.641. The third kappa shape index (κ3) is 2.05. The number of hydrogen-bond acceptors (Lipinski definition) is 2. The first-order chi connectivity index (χ1) is 6.49. The molecule has 2 nitrogen and oxygen atoms in total. The van der Waals surface area contributed by atoms with Crippen molar-refractivity contribution in [2.45, 2.75) is 20.0 Å². The summed E-state index contributed by atoms with van der Waals surface area (Å²) in [7, 11) is 1.57. The van der Waals surface area contributed by atoms with Crippen molar-refractivity contribution in [1.29, 1.82) is 0 Å². The van der Waals surface area contributed by atoms with E-state index in [0.717, 1.165) is 10.0 Å². The topological polar surface area (TPSA) is 29.5 Å². The molecule has 0 aliphatic rings. The monoisotopic (exact) mass is 278 g/mol. The second-order valence-corrected chi connectivity index (χ2v) is 4.30. The van der Waals surface area contributed by atoms with Gasteiger partial charge in [-0.3, -0.25) is 0 Å². The molecule has 1 rings (SSSR count). The molecule has 0 fully saturated rings. The Labute approximate surface area is 97.0 Å². The van der Waals surface area contributed by atoms with Gasteiger partial charge in [-0.15, -0.1) is 0 Å². The fraction of sp³-hybridized carbons (Fsp3) is 0.400. The van der Waals surface area contributed by atoms with E-state index in [2.05, 4.69) is 15.9 Å². The number of hydrogen-bond donors (Lipinski definition) is 1. The zero-order valence-corrected chi connectivity index (χ0v) is 10.6. The van der Waals surface area contributed by atoms with Crippen LogP contribution in [-0.2, 0) is 0 Å². The highest BCUT2D eigenvalue weighted by Crippen LogP contribution is 2.39. The summed E-state index contributed by atoms with van der Waals surface area (Å²) in [4.78, 5) is 0. The Hall–Kier alpha value is -0.250. The summed E-state index contributed by atoms with van der Waals surface area (Å²) < 4.78 is 6.00. The molecule has 0 saturated carbocycles. The van der Waals surface area contributed by atoms with Gasteiger partial charge in [-0.05, 0) is 41.4 Å². The molecule has 1 aromatic rings. The van der Waals surface area contributed by atoms with E-state index in [9.17, 15) is 5.11 Å². The summed E-state index contributed by atoms with van der Waals surface area (Å²) in [6, 6.07) is 1.73. The molecule has 78 valence electrons. The molecule has 0 spiro atoms. The first-order valence-corrected chi connectivity index (χ1v) is 5.36. The van der Waals surface area contributed by atoms with Crippen molar-refractivity contribution in [3.8, 4) is 5.75 Å². The maximum atomic E-state index is 9.52. The molecule has 4 heteroatoms. The highest BCUT2D eigenvalue weighted by atomic mass is 79.9. The lowest BCUT2D eigenvalue weighted by molar-refractivity contribution is 0.194. The van der Waals surface area contributed by atoms with Crippen LogP contribution in [-0.4, -0.2) is 12.2 Å². The van der Waals surface area contributed by atoms with E-state index in [0.29, 0.717) is 16.3 Å². The van der Waals surface area contributed by atoms with Gasteiger partial charge in [0, 0.05) is 10.6 Å². The largest absolute Gasteiger partial charge is 0.495 e. The Morgan fingerprint density at radius 1 is 1.57 bits per heavy atom. The van der Waals surface area contributed by atoms with Crippen molar-refractivity contribution in [3.05, 3.63) is 26.7 Å². The van der Waals surface area contributed by atoms with Gasteiger partial charge in [0.15, 0.2) is 0 Å². The molecule has 14 heavy (non-hydrogen) atoms. The first kappa shape index (κ1) is 11.8. The standard InChI is InChI=1S/C10H12BrClO2/c1-5-8(12)4-7(6(2)13)10(14-3)9(5)11/h4,6,13H,1-3H3/t6-/m1/s1. The van der Waals surface area contributed by atoms with Gasteiger partial charge in [-0.1, -0.05) is 11.6 Å². The average Bonchev–Trinajstić information content (AvgIpc) is 2.13. The highest BCUT2D eigenvalue weighted by molar-refractivity contribution is 9.10. The van der Waals surface area contributed by atoms with Crippen LogP contribution in [0.15, 0.2) is 10.5 Å². The fourth-order valence-electron chi connectivity index (χ4n) is 1.23. The van der Waals surface area contributed by atoms with Gasteiger partial charge in [0.05, 0.1) is 17.7 Å². The fourth-order valence-corrected chi connectivity index (χ4v) is 2.16. The third-order valence-corrected chi connectivity index (χ3v) is 3.43. The van der Waals surface area contributed by atoms with Crippen LogP contribution in [0.5, 0.6) is 5.75 Å². The Morgan fingerprint density at radius 3 is 2.57 bits per heavy atom. The summed E-state index contributed by atoms with van der Waals surface area (Å²) >= 11 is 9.39. The van der Waals surface area contributed by atoms with Crippen molar-refractivity contribution in [2.24, 2.45) is 0 Å². The molecular formula is C10H12BrClO2. The van der Waals surface area contributed by atoms with Crippen LogP contribution in [0, 0.1) is 6.92 Å². The second-order valence-electron chi connectivity index (χ2n) is 3.10. The van der Waals surface area contributed by atoms with Crippen molar-refractivity contribution in [1.82, 2.24) is 0 Å². The van der Waals surface area contributed by atoms with Gasteiger partial charge >= 0.3 is 0 Å². The van der Waals surface area contributed by atoms with E-state index in [1.165, 1.54) is 0 Å². The molecule has 1 atom stereocenters. The molecule has 0 aliphatic carbocycles. The minimum absolute atomic E-state index is 0.598. The summed E-state index contributed by atoms with van der Waals surface area (Å²) in [5, 5.41) is 10.1. The van der Waals surface area contributed by atoms with E-state index < -0.39 is 6.10 Å². The van der Waals surface area contributed by atoms with Gasteiger partial charge < -0.3 is 9.84 Å². The molecule has 0 saturated heterocycles. The van der Waals surface area contributed by atoms with Crippen molar-refractivity contribution in [3.63, 3.8) is 0 Å². The second kappa shape index (κ2) is 4.51. The number of methoxy groups -OCH3 is 1. The Morgan fingerprint density at radius 2 is 2.14 bits per heavy atom. The quantitative estimate of drug-likeness (QED) is 0.898. The van der Waals surface area contributed by atoms with Crippen LogP contribution in [0.3, 0.4) is 0 Å². The lowest BCUT2D eigenvalue weighted by atomic mass is 10.1. The van der Waals surface area contributed by atoms with Gasteiger partial charge in [0.2, 0.25) is 0 Å². The molecule has 0 unspecified atom stereocenters. The molecule has 0 amide bonds. The van der Waals surface area contributed by atoms with Gasteiger partial charge in [-0.2, -0.15) is 0 Å². The van der Waals surface area contributed by atoms with Crippen LogP contribution in [0.25, 0.3) is 0 Å². The normalized spacial score (nSPS) is 12.7. The van der Waals surface area contributed by atoms with Crippen LogP contribution >= 0.6 is 27.5 Å². The average molecular weight is 280 g/mol. The molecule has 0 aromatic heterocycles. The summed E-state index contributed by atoms with van der Waals surface area (Å²) in [5.41, 5.74) is 1.60. The molecular weight excluding hydrogens is 267 g/mol. The zero-order chi connectivity index (χ0) is 10.9. The Balaban J connectivity index is 3.43. The molecule has 0 bridgehead atoms. The van der Waals surface area contributed by atoms with Crippen molar-refractivity contribution < 1.29 is 9.84 Å². The zero-order valence-electron chi connectivity index (χ0n) is 8.27. The number of ether oxygens (including phenoxy) is 1. The minimum atomic E-state index is -0.598. The molecule has 0 heterocycles. The van der Waals surface area contributed by atoms with Crippen molar-refractivity contribution >= 4 is 27.5 Å². The third-order valence-electron chi connectivity index (χ3n) is 2.09. The Kier molecular flexibility index (Phi) is 3.81. The predicted molar refractivity (Wildman–Crippen MR) is 61.1 cm³/mol. The van der Waals surface area contributed by atoms with Crippen LogP contribution in [0.1, 0.15) is 24.2 Å². The lowest BCUT2D eigenvalue weighted by Crippen LogP contribution is -1.99. The predicted octanol–water partition coefficient (Wildman–Crippen LogP) is 3.47. The molecule has 0 aliphatic heterocycles. The maximum absolute atomic E-state index is 9.52. The Bertz CT molecular complexity index is 350. The maximum Gasteiger partial charge on any atom is 0.139 e. The number of rotatable bonds is 2. The van der Waals surface area contributed by atoms with E-state index >= 15 is 0 Å². The van der Waals surface area contributed by atoms with E-state index in [4.69, 9.17) is 16.3 Å². The van der Waals surface area contributed by atoms with Crippen LogP contribution in [0.2, 0.25) is 5.02 Å². The number of aliphatic hydroxyl groups is 1. The first-order valence-electron chi connectivity index (χ1n) is 4.19. The summed E-state index contributed by atoms with van der Waals surface area (Å²) in [6.45, 7) is 3.57. The lowest BCUT2D eigenvalue weighted by Gasteiger charge is -2.15. The number of benzene rings is 1. The van der Waals surface area contributed by atoms with Crippen LogP contribution in [0.4, 0.5) is 0 Å². The van der Waals surface area contributed by atoms with E-state index in [1.807, 2.05) is 6.92 Å².